The predicted octanol–water partition coefficient (Wildman–Crippen LogP) is 2.04. The lowest BCUT2D eigenvalue weighted by atomic mass is 10.2. The first-order chi connectivity index (χ1) is 10.1. The number of carbonyl (C=O) groups excluding carboxylic acids is 2. The fourth-order valence-corrected chi connectivity index (χ4v) is 3.92. The molecule has 0 aliphatic carbocycles. The SMILES string of the molecule is O=C(O)C(CCSSc1ccccn1)N1C(=O)CCC1=O.S.S. The quantitative estimate of drug-likeness (QED) is 0.430. The van der Waals surface area contributed by atoms with Crippen LogP contribution in [0.15, 0.2) is 29.4 Å². The maximum absolute atomic E-state index is 11.6. The van der Waals surface area contributed by atoms with Crippen molar-refractivity contribution in [3.8, 4) is 0 Å². The third kappa shape index (κ3) is 6.28. The fraction of sp³-hybridized carbons (Fsp3) is 0.385. The summed E-state index contributed by atoms with van der Waals surface area (Å²) in [5, 5.41) is 10.0. The van der Waals surface area contributed by atoms with Crippen LogP contribution in [-0.2, 0) is 14.4 Å². The molecule has 2 heterocycles. The first-order valence-corrected chi connectivity index (χ1v) is 8.69. The van der Waals surface area contributed by atoms with Gasteiger partial charge in [0.2, 0.25) is 11.8 Å². The predicted molar refractivity (Wildman–Crippen MR) is 100 cm³/mol. The van der Waals surface area contributed by atoms with Crippen LogP contribution in [0.3, 0.4) is 0 Å². The minimum absolute atomic E-state index is 0. The summed E-state index contributed by atoms with van der Waals surface area (Å²) in [5.74, 6) is -1.42. The van der Waals surface area contributed by atoms with E-state index in [4.69, 9.17) is 0 Å². The molecular weight excluding hydrogens is 376 g/mol. The molecule has 1 atom stereocenters. The Labute approximate surface area is 156 Å². The second-order valence-corrected chi connectivity index (χ2v) is 6.81. The second kappa shape index (κ2) is 10.8. The van der Waals surface area contributed by atoms with Gasteiger partial charge in [-0.15, -0.1) is 0 Å². The molecule has 1 saturated heterocycles. The van der Waals surface area contributed by atoms with Crippen LogP contribution in [0.5, 0.6) is 0 Å². The van der Waals surface area contributed by atoms with Crippen LogP contribution < -0.4 is 0 Å². The molecule has 0 bridgehead atoms. The molecule has 2 rings (SSSR count). The van der Waals surface area contributed by atoms with E-state index in [1.54, 1.807) is 6.20 Å². The van der Waals surface area contributed by atoms with Gasteiger partial charge < -0.3 is 5.11 Å². The second-order valence-electron chi connectivity index (χ2n) is 4.37. The van der Waals surface area contributed by atoms with Crippen LogP contribution in [-0.4, -0.2) is 44.6 Å². The zero-order valence-corrected chi connectivity index (χ0v) is 15.7. The van der Waals surface area contributed by atoms with Crippen molar-refractivity contribution in [3.05, 3.63) is 24.4 Å². The number of aromatic nitrogens is 1. The molecule has 1 aliphatic heterocycles. The number of pyridine rings is 1. The number of likely N-dealkylation sites (tertiary alicyclic amines) is 1. The third-order valence-electron chi connectivity index (χ3n) is 2.94. The van der Waals surface area contributed by atoms with Gasteiger partial charge in [0.15, 0.2) is 0 Å². The van der Waals surface area contributed by atoms with E-state index in [1.165, 1.54) is 21.6 Å². The van der Waals surface area contributed by atoms with Crippen molar-refractivity contribution >= 4 is 66.4 Å². The number of hydrogen-bond acceptors (Lipinski definition) is 6. The van der Waals surface area contributed by atoms with Gasteiger partial charge in [-0.05, 0) is 29.3 Å². The summed E-state index contributed by atoms with van der Waals surface area (Å²) in [5.41, 5.74) is 0. The zero-order chi connectivity index (χ0) is 15.2. The van der Waals surface area contributed by atoms with Crippen LogP contribution in [0.2, 0.25) is 0 Å². The van der Waals surface area contributed by atoms with Crippen LogP contribution in [0.25, 0.3) is 0 Å². The first-order valence-electron chi connectivity index (χ1n) is 6.38. The van der Waals surface area contributed by atoms with Gasteiger partial charge in [0.1, 0.15) is 11.1 Å². The number of carboxylic acids is 1. The Morgan fingerprint density at radius 2 is 1.91 bits per heavy atom. The molecule has 0 radical (unpaired) electrons. The van der Waals surface area contributed by atoms with E-state index in [-0.39, 0.29) is 46.3 Å². The zero-order valence-electron chi connectivity index (χ0n) is 12.1. The summed E-state index contributed by atoms with van der Waals surface area (Å²) >= 11 is 0. The van der Waals surface area contributed by atoms with Gasteiger partial charge in [-0.25, -0.2) is 9.78 Å². The summed E-state index contributed by atoms with van der Waals surface area (Å²) < 4.78 is 0. The average Bonchev–Trinajstić information content (AvgIpc) is 2.79. The number of carboxylic acid groups (broad SMARTS) is 1. The highest BCUT2D eigenvalue weighted by Gasteiger charge is 2.38. The van der Waals surface area contributed by atoms with E-state index in [1.807, 2.05) is 18.2 Å². The van der Waals surface area contributed by atoms with E-state index in [2.05, 4.69) is 4.98 Å². The molecule has 1 unspecified atom stereocenters. The fourth-order valence-electron chi connectivity index (χ4n) is 1.96. The Morgan fingerprint density at radius 3 is 2.43 bits per heavy atom. The van der Waals surface area contributed by atoms with Crippen molar-refractivity contribution in [2.75, 3.05) is 5.75 Å². The van der Waals surface area contributed by atoms with Crippen molar-refractivity contribution in [2.24, 2.45) is 0 Å². The first kappa shape index (κ1) is 22.2. The summed E-state index contributed by atoms with van der Waals surface area (Å²) in [6.45, 7) is 0. The Hall–Kier alpha value is -0.840. The lowest BCUT2D eigenvalue weighted by molar-refractivity contribution is -0.154. The van der Waals surface area contributed by atoms with E-state index in [0.717, 1.165) is 9.93 Å². The molecule has 6 nitrogen and oxygen atoms in total. The Balaban J connectivity index is 0.00000242. The number of amides is 2. The van der Waals surface area contributed by atoms with Crippen molar-refractivity contribution < 1.29 is 19.5 Å². The molecule has 10 heteroatoms. The van der Waals surface area contributed by atoms with Crippen LogP contribution in [0.4, 0.5) is 0 Å². The number of carbonyl (C=O) groups is 3. The Bertz CT molecular complexity index is 528. The number of hydrogen-bond donors (Lipinski definition) is 1. The van der Waals surface area contributed by atoms with Crippen LogP contribution in [0.1, 0.15) is 19.3 Å². The molecule has 2 amide bonds. The van der Waals surface area contributed by atoms with Gasteiger partial charge in [-0.1, -0.05) is 16.9 Å². The summed E-state index contributed by atoms with van der Waals surface area (Å²) in [7, 11) is 2.90. The van der Waals surface area contributed by atoms with Gasteiger partial charge in [0, 0.05) is 24.8 Å². The molecule has 1 aromatic heterocycles. The lowest BCUT2D eigenvalue weighted by Crippen LogP contribution is -2.44. The third-order valence-corrected chi connectivity index (χ3v) is 5.24. The normalized spacial score (nSPS) is 14.9. The van der Waals surface area contributed by atoms with Gasteiger partial charge in [0.25, 0.3) is 0 Å². The Morgan fingerprint density at radius 1 is 1.26 bits per heavy atom. The average molecular weight is 395 g/mol. The highest BCUT2D eigenvalue weighted by atomic mass is 33.1. The minimum atomic E-state index is -1.14. The molecule has 1 fully saturated rings. The molecule has 0 saturated carbocycles. The minimum Gasteiger partial charge on any atom is -0.480 e. The number of rotatable bonds is 7. The van der Waals surface area contributed by atoms with Gasteiger partial charge in [-0.3, -0.25) is 14.5 Å². The van der Waals surface area contributed by atoms with E-state index >= 15 is 0 Å². The highest BCUT2D eigenvalue weighted by molar-refractivity contribution is 8.76. The molecule has 1 N–H and O–H groups in total. The van der Waals surface area contributed by atoms with Crippen molar-refractivity contribution in [1.29, 1.82) is 0 Å². The van der Waals surface area contributed by atoms with Crippen molar-refractivity contribution in [2.45, 2.75) is 30.3 Å². The topological polar surface area (TPSA) is 87.6 Å². The van der Waals surface area contributed by atoms with Crippen LogP contribution in [0, 0.1) is 0 Å². The monoisotopic (exact) mass is 394 g/mol. The highest BCUT2D eigenvalue weighted by Crippen LogP contribution is 2.30. The Kier molecular flexibility index (Phi) is 10.4. The molecular formula is C13H18N2O4S4. The molecule has 128 valence electrons. The molecule has 1 aliphatic rings. The van der Waals surface area contributed by atoms with Gasteiger partial charge >= 0.3 is 5.97 Å². The van der Waals surface area contributed by atoms with Crippen LogP contribution >= 0.6 is 48.6 Å². The lowest BCUT2D eigenvalue weighted by Gasteiger charge is -2.22. The summed E-state index contributed by atoms with van der Waals surface area (Å²) in [4.78, 5) is 39.5. The molecule has 0 spiro atoms. The molecule has 1 aromatic rings. The molecule has 0 aromatic carbocycles. The van der Waals surface area contributed by atoms with E-state index in [9.17, 15) is 19.5 Å². The van der Waals surface area contributed by atoms with Gasteiger partial charge in [-0.2, -0.15) is 27.0 Å². The number of nitrogens with zero attached hydrogens (tertiary/aromatic N) is 2. The largest absolute Gasteiger partial charge is 0.480 e. The van der Waals surface area contributed by atoms with E-state index in [0.29, 0.717) is 5.75 Å². The van der Waals surface area contributed by atoms with Crippen molar-refractivity contribution in [3.63, 3.8) is 0 Å². The standard InChI is InChI=1S/C13H14N2O4S2.2H2S/c16-11-4-5-12(17)15(11)9(13(18)19)6-8-20-21-10-3-1-2-7-14-10;;/h1-3,7,9H,4-6,8H2,(H,18,19);2*1H2. The summed E-state index contributed by atoms with van der Waals surface area (Å²) in [6.07, 6.45) is 2.14. The smallest absolute Gasteiger partial charge is 0.326 e. The molecule has 23 heavy (non-hydrogen) atoms. The summed E-state index contributed by atoms with van der Waals surface area (Å²) in [6, 6.07) is 4.49. The van der Waals surface area contributed by atoms with E-state index < -0.39 is 23.8 Å². The van der Waals surface area contributed by atoms with Gasteiger partial charge in [0.05, 0.1) is 0 Å². The number of aliphatic carboxylic acids is 1. The van der Waals surface area contributed by atoms with Crippen molar-refractivity contribution in [1.82, 2.24) is 9.88 Å². The maximum atomic E-state index is 11.6. The maximum Gasteiger partial charge on any atom is 0.326 e. The number of imide groups is 1.